The molecule has 2 atom stereocenters. The predicted octanol–water partition coefficient (Wildman–Crippen LogP) is 2.31. The van der Waals surface area contributed by atoms with Crippen LogP contribution in [0.5, 0.6) is 0 Å². The lowest BCUT2D eigenvalue weighted by Gasteiger charge is -2.13. The number of thiophene rings is 1. The molecule has 1 aromatic rings. The minimum Gasteiger partial charge on any atom is -0.386 e. The van der Waals surface area contributed by atoms with Gasteiger partial charge in [-0.2, -0.15) is 0 Å². The van der Waals surface area contributed by atoms with E-state index in [2.05, 4.69) is 17.2 Å². The average molecular weight is 275 g/mol. The smallest absolute Gasteiger partial charge is 0.315 e. The van der Waals surface area contributed by atoms with Crippen molar-refractivity contribution >= 4 is 29.0 Å². The molecule has 1 aromatic heterocycles. The van der Waals surface area contributed by atoms with Gasteiger partial charge in [0.05, 0.1) is 10.9 Å². The lowest BCUT2D eigenvalue weighted by Crippen LogP contribution is -2.41. The second-order valence-corrected chi connectivity index (χ2v) is 5.28. The van der Waals surface area contributed by atoms with Crippen LogP contribution in [-0.2, 0) is 0 Å². The van der Waals surface area contributed by atoms with E-state index in [1.54, 1.807) is 18.2 Å². The van der Waals surface area contributed by atoms with Gasteiger partial charge in [-0.3, -0.25) is 0 Å². The molecule has 2 unspecified atom stereocenters. The van der Waals surface area contributed by atoms with Gasteiger partial charge in [0.1, 0.15) is 6.10 Å². The third-order valence-corrected chi connectivity index (χ3v) is 3.42. The summed E-state index contributed by atoms with van der Waals surface area (Å²) < 4.78 is 0.615. The Labute approximate surface area is 109 Å². The molecular formula is C11H15ClN2O2S. The second kappa shape index (κ2) is 6.64. The minimum absolute atomic E-state index is 0.108. The molecular weight excluding hydrogens is 260 g/mol. The number of aliphatic hydroxyl groups excluding tert-OH is 1. The number of amides is 2. The summed E-state index contributed by atoms with van der Waals surface area (Å²) in [7, 11) is 0. The summed E-state index contributed by atoms with van der Waals surface area (Å²) in [5.41, 5.74) is 0. The van der Waals surface area contributed by atoms with Crippen LogP contribution in [0.15, 0.2) is 24.8 Å². The Morgan fingerprint density at radius 1 is 1.71 bits per heavy atom. The van der Waals surface area contributed by atoms with Gasteiger partial charge in [0.15, 0.2) is 0 Å². The highest BCUT2D eigenvalue weighted by atomic mass is 35.5. The Morgan fingerprint density at radius 3 is 2.94 bits per heavy atom. The van der Waals surface area contributed by atoms with Crippen LogP contribution in [0.2, 0.25) is 4.34 Å². The van der Waals surface area contributed by atoms with Gasteiger partial charge in [-0.25, -0.2) is 4.79 Å². The molecule has 0 saturated carbocycles. The topological polar surface area (TPSA) is 61.4 Å². The normalized spacial score (nSPS) is 13.8. The number of carbonyl (C=O) groups excluding carboxylic acids is 1. The van der Waals surface area contributed by atoms with E-state index < -0.39 is 6.10 Å². The summed E-state index contributed by atoms with van der Waals surface area (Å²) >= 11 is 7.04. The zero-order chi connectivity index (χ0) is 12.8. The molecule has 0 saturated heterocycles. The van der Waals surface area contributed by atoms with E-state index in [-0.39, 0.29) is 18.6 Å². The van der Waals surface area contributed by atoms with E-state index in [1.165, 1.54) is 11.3 Å². The summed E-state index contributed by atoms with van der Waals surface area (Å²) in [6, 6.07) is 3.01. The molecule has 3 N–H and O–H groups in total. The zero-order valence-electron chi connectivity index (χ0n) is 9.44. The van der Waals surface area contributed by atoms with Crippen molar-refractivity contribution in [3.8, 4) is 0 Å². The first-order valence-electron chi connectivity index (χ1n) is 5.13. The summed E-state index contributed by atoms with van der Waals surface area (Å²) in [6.07, 6.45) is 0.881. The van der Waals surface area contributed by atoms with Gasteiger partial charge < -0.3 is 15.7 Å². The van der Waals surface area contributed by atoms with Crippen molar-refractivity contribution in [3.63, 3.8) is 0 Å². The van der Waals surface area contributed by atoms with Gasteiger partial charge in [-0.05, 0) is 19.1 Å². The molecule has 0 bridgehead atoms. The van der Waals surface area contributed by atoms with Crippen LogP contribution in [0.25, 0.3) is 0 Å². The highest BCUT2D eigenvalue weighted by Gasteiger charge is 2.12. The Morgan fingerprint density at radius 2 is 2.41 bits per heavy atom. The third kappa shape index (κ3) is 4.77. The Kier molecular flexibility index (Phi) is 5.47. The van der Waals surface area contributed by atoms with Gasteiger partial charge >= 0.3 is 6.03 Å². The van der Waals surface area contributed by atoms with Gasteiger partial charge in [0.2, 0.25) is 0 Å². The Hall–Kier alpha value is -1.04. The highest BCUT2D eigenvalue weighted by molar-refractivity contribution is 7.16. The molecule has 0 aliphatic carbocycles. The third-order valence-electron chi connectivity index (χ3n) is 2.09. The molecule has 2 amide bonds. The molecule has 17 heavy (non-hydrogen) atoms. The number of halogens is 1. The Balaban J connectivity index is 2.35. The molecule has 0 spiro atoms. The number of rotatable bonds is 5. The number of hydrogen-bond donors (Lipinski definition) is 3. The van der Waals surface area contributed by atoms with E-state index in [0.717, 1.165) is 4.88 Å². The highest BCUT2D eigenvalue weighted by Crippen LogP contribution is 2.26. The average Bonchev–Trinajstić information content (AvgIpc) is 2.72. The maximum Gasteiger partial charge on any atom is 0.315 e. The first-order valence-corrected chi connectivity index (χ1v) is 6.32. The van der Waals surface area contributed by atoms with Crippen molar-refractivity contribution in [3.05, 3.63) is 34.0 Å². The molecule has 0 aliphatic rings. The van der Waals surface area contributed by atoms with E-state index in [9.17, 15) is 9.90 Å². The maximum absolute atomic E-state index is 11.3. The van der Waals surface area contributed by atoms with Crippen LogP contribution >= 0.6 is 22.9 Å². The van der Waals surface area contributed by atoms with E-state index >= 15 is 0 Å². The number of urea groups is 1. The van der Waals surface area contributed by atoms with Gasteiger partial charge in [0.25, 0.3) is 0 Å². The van der Waals surface area contributed by atoms with Crippen molar-refractivity contribution < 1.29 is 9.90 Å². The van der Waals surface area contributed by atoms with Crippen molar-refractivity contribution in [1.82, 2.24) is 10.6 Å². The molecule has 94 valence electrons. The molecule has 1 rings (SSSR count). The SMILES string of the molecule is C=CC(C)NC(=O)NCC(O)c1ccc(Cl)s1. The molecule has 0 aliphatic heterocycles. The van der Waals surface area contributed by atoms with Gasteiger partial charge in [0, 0.05) is 10.9 Å². The molecule has 0 aromatic carbocycles. The lowest BCUT2D eigenvalue weighted by molar-refractivity contribution is 0.176. The standard InChI is InChI=1S/C11H15ClN2O2S/c1-3-7(2)14-11(16)13-6-8(15)9-4-5-10(12)17-9/h3-5,7-8,15H,1,6H2,2H3,(H2,13,14,16). The first kappa shape index (κ1) is 14.0. The molecule has 6 heteroatoms. The van der Waals surface area contributed by atoms with Crippen LogP contribution in [0.3, 0.4) is 0 Å². The van der Waals surface area contributed by atoms with Crippen LogP contribution in [0.4, 0.5) is 4.79 Å². The summed E-state index contributed by atoms with van der Waals surface area (Å²) in [6.45, 7) is 5.51. The van der Waals surface area contributed by atoms with E-state index in [0.29, 0.717) is 4.34 Å². The monoisotopic (exact) mass is 274 g/mol. The largest absolute Gasteiger partial charge is 0.386 e. The molecule has 4 nitrogen and oxygen atoms in total. The molecule has 1 heterocycles. The van der Waals surface area contributed by atoms with E-state index in [4.69, 9.17) is 11.6 Å². The quantitative estimate of drug-likeness (QED) is 0.722. The number of carbonyl (C=O) groups is 1. The second-order valence-electron chi connectivity index (χ2n) is 3.54. The lowest BCUT2D eigenvalue weighted by atomic mass is 10.3. The minimum atomic E-state index is -0.739. The van der Waals surface area contributed by atoms with Crippen molar-refractivity contribution in [2.45, 2.75) is 19.1 Å². The van der Waals surface area contributed by atoms with Gasteiger partial charge in [-0.1, -0.05) is 17.7 Å². The van der Waals surface area contributed by atoms with Crippen molar-refractivity contribution in [1.29, 1.82) is 0 Å². The summed E-state index contributed by atoms with van der Waals surface area (Å²) in [4.78, 5) is 12.1. The molecule has 0 fully saturated rings. The maximum atomic E-state index is 11.3. The van der Waals surface area contributed by atoms with E-state index in [1.807, 2.05) is 6.92 Å². The van der Waals surface area contributed by atoms with Crippen LogP contribution < -0.4 is 10.6 Å². The first-order chi connectivity index (χ1) is 8.02. The summed E-state index contributed by atoms with van der Waals surface area (Å²) in [5.74, 6) is 0. The van der Waals surface area contributed by atoms with Crippen LogP contribution in [-0.4, -0.2) is 23.7 Å². The fourth-order valence-electron chi connectivity index (χ4n) is 1.11. The van der Waals surface area contributed by atoms with Crippen molar-refractivity contribution in [2.24, 2.45) is 0 Å². The fourth-order valence-corrected chi connectivity index (χ4v) is 2.16. The number of hydrogen-bond acceptors (Lipinski definition) is 3. The number of nitrogens with one attached hydrogen (secondary N) is 2. The Bertz CT molecular complexity index is 395. The fraction of sp³-hybridized carbons (Fsp3) is 0.364. The van der Waals surface area contributed by atoms with Gasteiger partial charge in [-0.15, -0.1) is 17.9 Å². The molecule has 0 radical (unpaired) electrons. The van der Waals surface area contributed by atoms with Crippen molar-refractivity contribution in [2.75, 3.05) is 6.54 Å². The van der Waals surface area contributed by atoms with Crippen LogP contribution in [0.1, 0.15) is 17.9 Å². The summed E-state index contributed by atoms with van der Waals surface area (Å²) in [5, 5.41) is 15.0. The number of aliphatic hydroxyl groups is 1. The predicted molar refractivity (Wildman–Crippen MR) is 70.5 cm³/mol. The zero-order valence-corrected chi connectivity index (χ0v) is 11.0. The van der Waals surface area contributed by atoms with Crippen LogP contribution in [0, 0.1) is 0 Å².